The number of hydrogen-bond acceptors (Lipinski definition) is 2. The molecule has 4 heteroatoms. The van der Waals surface area contributed by atoms with Crippen LogP contribution in [0.4, 0.5) is 11.4 Å². The fourth-order valence-corrected chi connectivity index (χ4v) is 1.54. The highest BCUT2D eigenvalue weighted by Gasteiger charge is 2.18. The van der Waals surface area contributed by atoms with Crippen molar-refractivity contribution in [3.63, 3.8) is 0 Å². The standard InChI is InChI=1S/C12H20N2.2ClH/c1-12(2,3)10-8-9(13)6-7-11(10)14(4)5;;/h6-8H,13H2,1-5H3;2*1H. The van der Waals surface area contributed by atoms with Gasteiger partial charge in [-0.05, 0) is 29.2 Å². The van der Waals surface area contributed by atoms with E-state index in [1.807, 2.05) is 6.07 Å². The second kappa shape index (κ2) is 6.21. The first-order valence-corrected chi connectivity index (χ1v) is 4.89. The second-order valence-electron chi connectivity index (χ2n) is 4.92. The molecule has 0 aliphatic carbocycles. The molecule has 0 spiro atoms. The zero-order valence-electron chi connectivity index (χ0n) is 10.6. The Bertz CT molecular complexity index is 330. The average molecular weight is 265 g/mol. The van der Waals surface area contributed by atoms with Gasteiger partial charge in [0.25, 0.3) is 0 Å². The van der Waals surface area contributed by atoms with Gasteiger partial charge in [0.2, 0.25) is 0 Å². The van der Waals surface area contributed by atoms with Gasteiger partial charge in [0.05, 0.1) is 0 Å². The summed E-state index contributed by atoms with van der Waals surface area (Å²) in [5.41, 5.74) is 9.31. The largest absolute Gasteiger partial charge is 0.399 e. The quantitative estimate of drug-likeness (QED) is 0.788. The van der Waals surface area contributed by atoms with Crippen molar-refractivity contribution in [1.29, 1.82) is 0 Å². The maximum Gasteiger partial charge on any atom is 0.0400 e. The fourth-order valence-electron chi connectivity index (χ4n) is 1.54. The molecule has 0 unspecified atom stereocenters. The number of nitrogens with zero attached hydrogens (tertiary/aromatic N) is 1. The fraction of sp³-hybridized carbons (Fsp3) is 0.500. The number of nitrogens with two attached hydrogens (primary N) is 1. The van der Waals surface area contributed by atoms with Crippen LogP contribution in [0.3, 0.4) is 0 Å². The first-order valence-electron chi connectivity index (χ1n) is 4.89. The minimum absolute atomic E-state index is 0. The molecule has 0 atom stereocenters. The Balaban J connectivity index is 0. The van der Waals surface area contributed by atoms with Crippen molar-refractivity contribution < 1.29 is 0 Å². The predicted octanol–water partition coefficient (Wildman–Crippen LogP) is 3.48. The molecule has 1 aromatic rings. The molecule has 2 N–H and O–H groups in total. The monoisotopic (exact) mass is 264 g/mol. The lowest BCUT2D eigenvalue weighted by Gasteiger charge is -2.26. The maximum atomic E-state index is 5.81. The minimum atomic E-state index is 0. The van der Waals surface area contributed by atoms with Crippen molar-refractivity contribution >= 4 is 36.2 Å². The third kappa shape index (κ3) is 4.11. The molecular weight excluding hydrogens is 243 g/mol. The zero-order chi connectivity index (χ0) is 10.9. The zero-order valence-corrected chi connectivity index (χ0v) is 12.2. The van der Waals surface area contributed by atoms with Gasteiger partial charge in [0, 0.05) is 25.5 Å². The van der Waals surface area contributed by atoms with E-state index in [1.165, 1.54) is 11.3 Å². The Labute approximate surface area is 111 Å². The van der Waals surface area contributed by atoms with E-state index in [-0.39, 0.29) is 30.2 Å². The van der Waals surface area contributed by atoms with Gasteiger partial charge in [-0.25, -0.2) is 0 Å². The molecule has 0 aromatic heterocycles. The summed E-state index contributed by atoms with van der Waals surface area (Å²) in [6, 6.07) is 6.09. The van der Waals surface area contributed by atoms with Crippen molar-refractivity contribution in [2.24, 2.45) is 0 Å². The molecule has 0 heterocycles. The van der Waals surface area contributed by atoms with Crippen LogP contribution >= 0.6 is 24.8 Å². The maximum absolute atomic E-state index is 5.81. The van der Waals surface area contributed by atoms with Gasteiger partial charge < -0.3 is 10.6 Å². The van der Waals surface area contributed by atoms with Crippen LogP contribution in [-0.2, 0) is 5.41 Å². The van der Waals surface area contributed by atoms with Crippen LogP contribution in [0.5, 0.6) is 0 Å². The molecule has 0 aliphatic heterocycles. The van der Waals surface area contributed by atoms with E-state index in [4.69, 9.17) is 5.73 Å². The van der Waals surface area contributed by atoms with Crippen LogP contribution in [0.25, 0.3) is 0 Å². The van der Waals surface area contributed by atoms with E-state index in [0.29, 0.717) is 0 Å². The van der Waals surface area contributed by atoms with Crippen molar-refractivity contribution in [3.05, 3.63) is 23.8 Å². The smallest absolute Gasteiger partial charge is 0.0400 e. The Morgan fingerprint density at radius 3 is 1.94 bits per heavy atom. The summed E-state index contributed by atoms with van der Waals surface area (Å²) in [5, 5.41) is 0. The Morgan fingerprint density at radius 2 is 1.56 bits per heavy atom. The number of anilines is 2. The average Bonchev–Trinajstić information content (AvgIpc) is 2.01. The van der Waals surface area contributed by atoms with Gasteiger partial charge >= 0.3 is 0 Å². The molecule has 94 valence electrons. The van der Waals surface area contributed by atoms with Gasteiger partial charge in [-0.2, -0.15) is 0 Å². The molecule has 0 aliphatic rings. The molecule has 16 heavy (non-hydrogen) atoms. The van der Waals surface area contributed by atoms with E-state index in [9.17, 15) is 0 Å². The summed E-state index contributed by atoms with van der Waals surface area (Å²) in [6.07, 6.45) is 0. The van der Waals surface area contributed by atoms with Crippen LogP contribution in [-0.4, -0.2) is 14.1 Å². The number of rotatable bonds is 1. The van der Waals surface area contributed by atoms with Crippen LogP contribution in [0, 0.1) is 0 Å². The molecule has 0 saturated carbocycles. The molecule has 0 bridgehead atoms. The van der Waals surface area contributed by atoms with Crippen molar-refractivity contribution in [2.75, 3.05) is 24.7 Å². The second-order valence-corrected chi connectivity index (χ2v) is 4.92. The molecule has 0 saturated heterocycles. The Morgan fingerprint density at radius 1 is 1.06 bits per heavy atom. The van der Waals surface area contributed by atoms with Crippen molar-refractivity contribution in [3.8, 4) is 0 Å². The highest BCUT2D eigenvalue weighted by molar-refractivity contribution is 5.85. The molecular formula is C12H22Cl2N2. The summed E-state index contributed by atoms with van der Waals surface area (Å²) in [5.74, 6) is 0. The lowest BCUT2D eigenvalue weighted by atomic mass is 9.85. The van der Waals surface area contributed by atoms with E-state index >= 15 is 0 Å². The SMILES string of the molecule is CN(C)c1ccc(N)cc1C(C)(C)C.Cl.Cl. The number of hydrogen-bond donors (Lipinski definition) is 1. The van der Waals surface area contributed by atoms with E-state index in [1.54, 1.807) is 0 Å². The third-order valence-electron chi connectivity index (χ3n) is 2.31. The number of halogens is 2. The summed E-state index contributed by atoms with van der Waals surface area (Å²) >= 11 is 0. The molecule has 1 aromatic carbocycles. The summed E-state index contributed by atoms with van der Waals surface area (Å²) in [6.45, 7) is 6.61. The van der Waals surface area contributed by atoms with Crippen molar-refractivity contribution in [1.82, 2.24) is 0 Å². The van der Waals surface area contributed by atoms with E-state index < -0.39 is 0 Å². The van der Waals surface area contributed by atoms with Crippen LogP contribution in [0.15, 0.2) is 18.2 Å². The predicted molar refractivity (Wildman–Crippen MR) is 78.4 cm³/mol. The van der Waals surface area contributed by atoms with Gasteiger partial charge in [0.15, 0.2) is 0 Å². The molecule has 0 amide bonds. The van der Waals surface area contributed by atoms with Crippen molar-refractivity contribution in [2.45, 2.75) is 26.2 Å². The number of benzene rings is 1. The van der Waals surface area contributed by atoms with E-state index in [0.717, 1.165) is 5.69 Å². The van der Waals surface area contributed by atoms with Crippen LogP contribution in [0.2, 0.25) is 0 Å². The third-order valence-corrected chi connectivity index (χ3v) is 2.31. The lowest BCUT2D eigenvalue weighted by molar-refractivity contribution is 0.590. The summed E-state index contributed by atoms with van der Waals surface area (Å²) in [7, 11) is 4.11. The Hall–Kier alpha value is -0.600. The number of nitrogen functional groups attached to an aromatic ring is 1. The Kier molecular flexibility index (Phi) is 6.91. The summed E-state index contributed by atoms with van der Waals surface area (Å²) < 4.78 is 0. The highest BCUT2D eigenvalue weighted by Crippen LogP contribution is 2.32. The summed E-state index contributed by atoms with van der Waals surface area (Å²) in [4.78, 5) is 2.13. The molecule has 1 rings (SSSR count). The van der Waals surface area contributed by atoms with Crippen LogP contribution in [0.1, 0.15) is 26.3 Å². The lowest BCUT2D eigenvalue weighted by Crippen LogP contribution is -2.19. The van der Waals surface area contributed by atoms with Gasteiger partial charge in [-0.3, -0.25) is 0 Å². The molecule has 0 fully saturated rings. The normalized spacial score (nSPS) is 10.1. The van der Waals surface area contributed by atoms with Gasteiger partial charge in [-0.1, -0.05) is 20.8 Å². The van der Waals surface area contributed by atoms with E-state index in [2.05, 4.69) is 51.9 Å². The molecule has 0 radical (unpaired) electrons. The minimum Gasteiger partial charge on any atom is -0.399 e. The first-order chi connectivity index (χ1) is 6.32. The first kappa shape index (κ1) is 17.8. The molecule has 2 nitrogen and oxygen atoms in total. The van der Waals surface area contributed by atoms with Gasteiger partial charge in [0.1, 0.15) is 0 Å². The topological polar surface area (TPSA) is 29.3 Å². The van der Waals surface area contributed by atoms with Gasteiger partial charge in [-0.15, -0.1) is 24.8 Å². The highest BCUT2D eigenvalue weighted by atomic mass is 35.5. The van der Waals surface area contributed by atoms with Crippen LogP contribution < -0.4 is 10.6 Å².